The van der Waals surface area contributed by atoms with Crippen LogP contribution in [0.25, 0.3) is 0 Å². The molecule has 3 rings (SSSR count). The molecule has 0 radical (unpaired) electrons. The lowest BCUT2D eigenvalue weighted by molar-refractivity contribution is -0.531. The summed E-state index contributed by atoms with van der Waals surface area (Å²) in [6.45, 7) is 1.65. The van der Waals surface area contributed by atoms with Gasteiger partial charge >= 0.3 is 0 Å². The Morgan fingerprint density at radius 2 is 1.44 bits per heavy atom. The van der Waals surface area contributed by atoms with Crippen LogP contribution in [0.4, 0.5) is 11.4 Å². The van der Waals surface area contributed by atoms with E-state index in [2.05, 4.69) is 4.58 Å². The molecule has 0 saturated heterocycles. The molecular weight excluding hydrogens is 454 g/mol. The maximum Gasteiger partial charge on any atom is 0.270 e. The van der Waals surface area contributed by atoms with Crippen molar-refractivity contribution in [1.29, 1.82) is 0 Å². The molecule has 0 amide bonds. The molecule has 1 aliphatic rings. The third kappa shape index (κ3) is 5.78. The van der Waals surface area contributed by atoms with E-state index in [4.69, 9.17) is 0 Å². The molecule has 0 fully saturated rings. The van der Waals surface area contributed by atoms with Gasteiger partial charge in [0.2, 0.25) is 0 Å². The van der Waals surface area contributed by atoms with Crippen molar-refractivity contribution in [3.63, 3.8) is 0 Å². The first-order chi connectivity index (χ1) is 12.5. The highest BCUT2D eigenvalue weighted by atomic mass is 79.9. The number of nitro groups is 2. The molecule has 0 aromatic heterocycles. The van der Waals surface area contributed by atoms with E-state index in [0.29, 0.717) is 6.54 Å². The van der Waals surface area contributed by atoms with E-state index in [0.717, 1.165) is 29.2 Å². The quantitative estimate of drug-likeness (QED) is 0.357. The minimum absolute atomic E-state index is 0. The number of hydrogen-bond acceptors (Lipinski definition) is 6. The van der Waals surface area contributed by atoms with Gasteiger partial charge in [-0.05, 0) is 41.2 Å². The smallest absolute Gasteiger partial charge is 0.270 e. The first kappa shape index (κ1) is 21.4. The summed E-state index contributed by atoms with van der Waals surface area (Å²) in [5.41, 5.74) is 2.27. The monoisotopic (exact) mass is 469 g/mol. The average Bonchev–Trinajstić information content (AvgIpc) is 3.08. The average molecular weight is 470 g/mol. The Bertz CT molecular complexity index is 857. The molecule has 0 aliphatic carbocycles. The Labute approximate surface area is 174 Å². The number of hydrogen-bond donors (Lipinski definition) is 0. The number of rotatable bonds is 6. The standard InChI is InChI=1S/C17H16N3O4S2.BrH/c21-19(22)15-5-1-13(2-6-15)11-18-9-10-25-17(18)26-12-14-3-7-16(8-4-14)20(23)24;/h1-8H,9-12H2;1H/q+1;/p-1. The molecule has 1 heterocycles. The molecule has 2 aromatic carbocycles. The van der Waals surface area contributed by atoms with Gasteiger partial charge in [0.25, 0.3) is 15.8 Å². The molecule has 0 N–H and O–H groups in total. The van der Waals surface area contributed by atoms with Crippen molar-refractivity contribution >= 4 is 39.3 Å². The lowest BCUT2D eigenvalue weighted by Gasteiger charge is -2.03. The number of benzene rings is 2. The fraction of sp³-hybridized carbons (Fsp3) is 0.235. The van der Waals surface area contributed by atoms with Crippen molar-refractivity contribution in [1.82, 2.24) is 0 Å². The second-order valence-electron chi connectivity index (χ2n) is 5.67. The van der Waals surface area contributed by atoms with Crippen molar-refractivity contribution in [3.05, 3.63) is 79.9 Å². The zero-order valence-corrected chi connectivity index (χ0v) is 17.3. The summed E-state index contributed by atoms with van der Waals surface area (Å²) in [5, 5.41) is 21.4. The van der Waals surface area contributed by atoms with Gasteiger partial charge in [-0.15, -0.1) is 0 Å². The van der Waals surface area contributed by atoms with Gasteiger partial charge < -0.3 is 17.0 Å². The van der Waals surface area contributed by atoms with Crippen molar-refractivity contribution < 1.29 is 31.4 Å². The SMILES string of the molecule is O=[N+]([O-])c1ccc(CSC2=[N+](Cc3ccc([N+](=O)[O-])cc3)CCS2)cc1.[Br-]. The van der Waals surface area contributed by atoms with Crippen molar-refractivity contribution in [2.75, 3.05) is 12.3 Å². The first-order valence-electron chi connectivity index (χ1n) is 7.87. The highest BCUT2D eigenvalue weighted by molar-refractivity contribution is 8.38. The third-order valence-corrected chi connectivity index (χ3v) is 6.46. The van der Waals surface area contributed by atoms with E-state index in [9.17, 15) is 20.2 Å². The molecular formula is C17H16BrN3O4S2. The highest BCUT2D eigenvalue weighted by Gasteiger charge is 2.24. The third-order valence-electron chi connectivity index (χ3n) is 3.88. The van der Waals surface area contributed by atoms with Crippen LogP contribution in [0.1, 0.15) is 11.1 Å². The summed E-state index contributed by atoms with van der Waals surface area (Å²) in [4.78, 5) is 20.6. The van der Waals surface area contributed by atoms with Crippen LogP contribution in [0.5, 0.6) is 0 Å². The summed E-state index contributed by atoms with van der Waals surface area (Å²) in [6, 6.07) is 13.3. The Morgan fingerprint density at radius 1 is 0.926 bits per heavy atom. The van der Waals surface area contributed by atoms with Gasteiger partial charge in [0.15, 0.2) is 13.1 Å². The number of halogens is 1. The van der Waals surface area contributed by atoms with Gasteiger partial charge in [0, 0.05) is 35.6 Å². The highest BCUT2D eigenvalue weighted by Crippen LogP contribution is 2.27. The Hall–Kier alpha value is -1.91. The topological polar surface area (TPSA) is 89.3 Å². The van der Waals surface area contributed by atoms with Crippen LogP contribution >= 0.6 is 23.5 Å². The minimum atomic E-state index is -0.398. The summed E-state index contributed by atoms with van der Waals surface area (Å²) in [6.07, 6.45) is 0. The van der Waals surface area contributed by atoms with Crippen molar-refractivity contribution in [2.24, 2.45) is 0 Å². The molecule has 1 aliphatic heterocycles. The first-order valence-corrected chi connectivity index (χ1v) is 9.84. The molecule has 10 heteroatoms. The molecule has 0 atom stereocenters. The number of nitro benzene ring substituents is 2. The van der Waals surface area contributed by atoms with Crippen LogP contribution in [-0.2, 0) is 12.3 Å². The van der Waals surface area contributed by atoms with Gasteiger partial charge in [-0.2, -0.15) is 0 Å². The van der Waals surface area contributed by atoms with E-state index in [1.807, 2.05) is 0 Å². The van der Waals surface area contributed by atoms with E-state index in [1.54, 1.807) is 47.8 Å². The van der Waals surface area contributed by atoms with Gasteiger partial charge in [0.1, 0.15) is 0 Å². The summed E-state index contributed by atoms with van der Waals surface area (Å²) in [5.74, 6) is 1.76. The molecule has 0 saturated carbocycles. The van der Waals surface area contributed by atoms with Crippen LogP contribution in [0.15, 0.2) is 48.5 Å². The Balaban J connectivity index is 0.00000261. The maximum absolute atomic E-state index is 10.7. The zero-order chi connectivity index (χ0) is 18.5. The molecule has 7 nitrogen and oxygen atoms in total. The Morgan fingerprint density at radius 3 is 1.96 bits per heavy atom. The fourth-order valence-electron chi connectivity index (χ4n) is 2.50. The number of thioether (sulfide) groups is 2. The molecule has 142 valence electrons. The lowest BCUT2D eigenvalue weighted by atomic mass is 10.2. The molecule has 0 bridgehead atoms. The van der Waals surface area contributed by atoms with Gasteiger partial charge in [-0.3, -0.25) is 20.2 Å². The van der Waals surface area contributed by atoms with E-state index in [1.165, 1.54) is 28.6 Å². The normalized spacial score (nSPS) is 13.3. The van der Waals surface area contributed by atoms with E-state index < -0.39 is 9.85 Å². The number of non-ortho nitro benzene ring substituents is 2. The van der Waals surface area contributed by atoms with Gasteiger partial charge in [0.05, 0.1) is 15.6 Å². The van der Waals surface area contributed by atoms with Gasteiger partial charge in [-0.25, -0.2) is 4.58 Å². The molecule has 0 spiro atoms. The largest absolute Gasteiger partial charge is 1.00 e. The van der Waals surface area contributed by atoms with Crippen LogP contribution < -0.4 is 17.0 Å². The number of nitrogens with zero attached hydrogens (tertiary/aromatic N) is 3. The Kier molecular flexibility index (Phi) is 7.81. The van der Waals surface area contributed by atoms with E-state index >= 15 is 0 Å². The van der Waals surface area contributed by atoms with Crippen LogP contribution in [-0.4, -0.2) is 31.1 Å². The molecule has 27 heavy (non-hydrogen) atoms. The van der Waals surface area contributed by atoms with E-state index in [-0.39, 0.29) is 28.4 Å². The fourth-order valence-corrected chi connectivity index (χ4v) is 4.91. The molecule has 2 aromatic rings. The molecule has 0 unspecified atom stereocenters. The predicted octanol–water partition coefficient (Wildman–Crippen LogP) is 1.06. The van der Waals surface area contributed by atoms with Crippen molar-refractivity contribution in [3.8, 4) is 0 Å². The van der Waals surface area contributed by atoms with Crippen LogP contribution in [0.3, 0.4) is 0 Å². The lowest BCUT2D eigenvalue weighted by Crippen LogP contribution is -3.00. The van der Waals surface area contributed by atoms with Gasteiger partial charge in [-0.1, -0.05) is 12.1 Å². The summed E-state index contributed by atoms with van der Waals surface area (Å²) >= 11 is 3.51. The van der Waals surface area contributed by atoms with Crippen LogP contribution in [0.2, 0.25) is 0 Å². The second kappa shape index (κ2) is 9.86. The zero-order valence-electron chi connectivity index (χ0n) is 14.1. The minimum Gasteiger partial charge on any atom is -1.00 e. The van der Waals surface area contributed by atoms with Crippen molar-refractivity contribution in [2.45, 2.75) is 12.3 Å². The predicted molar refractivity (Wildman–Crippen MR) is 104 cm³/mol. The maximum atomic E-state index is 10.7. The van der Waals surface area contributed by atoms with Crippen LogP contribution in [0, 0.1) is 20.2 Å². The summed E-state index contributed by atoms with van der Waals surface area (Å²) in [7, 11) is 0. The summed E-state index contributed by atoms with van der Waals surface area (Å²) < 4.78 is 3.48. The second-order valence-corrected chi connectivity index (χ2v) is 7.98.